The molecule has 0 spiro atoms. The van der Waals surface area contributed by atoms with Gasteiger partial charge in [0.2, 0.25) is 0 Å². The molecule has 0 amide bonds. The van der Waals surface area contributed by atoms with Crippen molar-refractivity contribution in [2.75, 3.05) is 19.7 Å². The molecule has 0 saturated heterocycles. The first-order valence-corrected chi connectivity index (χ1v) is 6.82. The molecule has 0 aliphatic rings. The van der Waals surface area contributed by atoms with Gasteiger partial charge in [-0.25, -0.2) is 0 Å². The molecule has 3 N–H and O–H groups in total. The van der Waals surface area contributed by atoms with E-state index in [1.165, 1.54) is 5.56 Å². The topological polar surface area (TPSA) is 47.3 Å². The van der Waals surface area contributed by atoms with Crippen LogP contribution in [0.25, 0.3) is 0 Å². The molecule has 3 heteroatoms. The fourth-order valence-electron chi connectivity index (χ4n) is 1.91. The average molecular weight is 250 g/mol. The Bertz CT molecular complexity index is 322. The number of ether oxygens (including phenoxy) is 1. The van der Waals surface area contributed by atoms with Crippen LogP contribution in [-0.4, -0.2) is 25.7 Å². The van der Waals surface area contributed by atoms with Gasteiger partial charge in [0, 0.05) is 12.6 Å². The Morgan fingerprint density at radius 2 is 1.89 bits per heavy atom. The highest BCUT2D eigenvalue weighted by Crippen LogP contribution is 2.12. The Morgan fingerprint density at radius 3 is 2.39 bits per heavy atom. The number of hydrogen-bond donors (Lipinski definition) is 2. The van der Waals surface area contributed by atoms with Crippen molar-refractivity contribution in [2.24, 2.45) is 11.7 Å². The van der Waals surface area contributed by atoms with Crippen molar-refractivity contribution >= 4 is 0 Å². The fraction of sp³-hybridized carbons (Fsp3) is 0.600. The standard InChI is InChI=1S/C15H26N2O/c1-4-18-14-7-5-13(6-8-14)9-10-17-15(11-16)12(2)3/h5-8,12,15,17H,4,9-11,16H2,1-3H3. The third kappa shape index (κ3) is 5.07. The molecule has 0 fully saturated rings. The van der Waals surface area contributed by atoms with Gasteiger partial charge in [-0.2, -0.15) is 0 Å². The normalized spacial score (nSPS) is 12.7. The number of benzene rings is 1. The maximum absolute atomic E-state index is 5.73. The van der Waals surface area contributed by atoms with E-state index in [-0.39, 0.29) is 0 Å². The van der Waals surface area contributed by atoms with Crippen molar-refractivity contribution in [1.82, 2.24) is 5.32 Å². The van der Waals surface area contributed by atoms with E-state index in [4.69, 9.17) is 10.5 Å². The van der Waals surface area contributed by atoms with Gasteiger partial charge in [-0.3, -0.25) is 0 Å². The summed E-state index contributed by atoms with van der Waals surface area (Å²) in [6, 6.07) is 8.72. The molecule has 0 saturated carbocycles. The van der Waals surface area contributed by atoms with E-state index in [9.17, 15) is 0 Å². The Labute approximate surface area is 111 Å². The average Bonchev–Trinajstić information content (AvgIpc) is 2.36. The van der Waals surface area contributed by atoms with Gasteiger partial charge in [0.05, 0.1) is 6.61 Å². The number of nitrogens with two attached hydrogens (primary N) is 1. The van der Waals surface area contributed by atoms with Crippen LogP contribution in [0, 0.1) is 5.92 Å². The van der Waals surface area contributed by atoms with Crippen molar-refractivity contribution in [3.63, 3.8) is 0 Å². The molecule has 1 unspecified atom stereocenters. The summed E-state index contributed by atoms with van der Waals surface area (Å²) in [7, 11) is 0. The molecular weight excluding hydrogens is 224 g/mol. The van der Waals surface area contributed by atoms with E-state index in [0.717, 1.165) is 18.7 Å². The van der Waals surface area contributed by atoms with E-state index in [0.29, 0.717) is 25.1 Å². The Balaban J connectivity index is 2.34. The van der Waals surface area contributed by atoms with Crippen molar-refractivity contribution in [2.45, 2.75) is 33.2 Å². The molecule has 0 aromatic heterocycles. The zero-order chi connectivity index (χ0) is 13.4. The molecule has 1 aromatic carbocycles. The molecule has 1 aromatic rings. The van der Waals surface area contributed by atoms with E-state index >= 15 is 0 Å². The van der Waals surface area contributed by atoms with Gasteiger partial charge >= 0.3 is 0 Å². The smallest absolute Gasteiger partial charge is 0.119 e. The monoisotopic (exact) mass is 250 g/mol. The van der Waals surface area contributed by atoms with Crippen molar-refractivity contribution < 1.29 is 4.74 Å². The highest BCUT2D eigenvalue weighted by Gasteiger charge is 2.09. The summed E-state index contributed by atoms with van der Waals surface area (Å²) >= 11 is 0. The summed E-state index contributed by atoms with van der Waals surface area (Å²) in [5.41, 5.74) is 7.05. The van der Waals surface area contributed by atoms with E-state index in [1.54, 1.807) is 0 Å². The SMILES string of the molecule is CCOc1ccc(CCNC(CN)C(C)C)cc1. The second-order valence-electron chi connectivity index (χ2n) is 4.87. The van der Waals surface area contributed by atoms with E-state index < -0.39 is 0 Å². The minimum Gasteiger partial charge on any atom is -0.494 e. The lowest BCUT2D eigenvalue weighted by atomic mass is 10.0. The van der Waals surface area contributed by atoms with Crippen molar-refractivity contribution in [3.05, 3.63) is 29.8 Å². The van der Waals surface area contributed by atoms with Gasteiger partial charge in [0.15, 0.2) is 0 Å². The summed E-state index contributed by atoms with van der Waals surface area (Å²) in [6.07, 6.45) is 1.02. The number of hydrogen-bond acceptors (Lipinski definition) is 3. The molecule has 1 atom stereocenters. The number of rotatable bonds is 8. The van der Waals surface area contributed by atoms with Crippen LogP contribution in [0.5, 0.6) is 5.75 Å². The summed E-state index contributed by atoms with van der Waals surface area (Å²) in [4.78, 5) is 0. The van der Waals surface area contributed by atoms with Crippen LogP contribution in [0.4, 0.5) is 0 Å². The van der Waals surface area contributed by atoms with Crippen LogP contribution in [0.2, 0.25) is 0 Å². The minimum atomic E-state index is 0.410. The molecule has 0 aliphatic heterocycles. The fourth-order valence-corrected chi connectivity index (χ4v) is 1.91. The molecule has 0 bridgehead atoms. The Hall–Kier alpha value is -1.06. The lowest BCUT2D eigenvalue weighted by Gasteiger charge is -2.20. The Kier molecular flexibility index (Phi) is 6.76. The lowest BCUT2D eigenvalue weighted by Crippen LogP contribution is -2.41. The summed E-state index contributed by atoms with van der Waals surface area (Å²) in [6.45, 7) is 8.77. The predicted molar refractivity (Wildman–Crippen MR) is 77.0 cm³/mol. The maximum atomic E-state index is 5.73. The molecule has 0 radical (unpaired) electrons. The lowest BCUT2D eigenvalue weighted by molar-refractivity contribution is 0.340. The highest BCUT2D eigenvalue weighted by molar-refractivity contribution is 5.27. The van der Waals surface area contributed by atoms with Crippen LogP contribution in [-0.2, 0) is 6.42 Å². The second kappa shape index (κ2) is 8.11. The van der Waals surface area contributed by atoms with Crippen LogP contribution in [0.3, 0.4) is 0 Å². The second-order valence-corrected chi connectivity index (χ2v) is 4.87. The first-order valence-electron chi connectivity index (χ1n) is 6.82. The molecular formula is C15H26N2O. The van der Waals surface area contributed by atoms with Crippen molar-refractivity contribution in [3.8, 4) is 5.75 Å². The van der Waals surface area contributed by atoms with Crippen LogP contribution >= 0.6 is 0 Å². The third-order valence-electron chi connectivity index (χ3n) is 3.11. The zero-order valence-electron chi connectivity index (χ0n) is 11.8. The van der Waals surface area contributed by atoms with Gasteiger partial charge in [0.1, 0.15) is 5.75 Å². The zero-order valence-corrected chi connectivity index (χ0v) is 11.8. The van der Waals surface area contributed by atoms with Gasteiger partial charge in [-0.15, -0.1) is 0 Å². The van der Waals surface area contributed by atoms with Gasteiger partial charge < -0.3 is 15.8 Å². The molecule has 1 rings (SSSR count). The maximum Gasteiger partial charge on any atom is 0.119 e. The van der Waals surface area contributed by atoms with E-state index in [2.05, 4.69) is 31.3 Å². The quantitative estimate of drug-likeness (QED) is 0.743. The summed E-state index contributed by atoms with van der Waals surface area (Å²) in [5.74, 6) is 1.52. The number of nitrogens with one attached hydrogen (secondary N) is 1. The largest absolute Gasteiger partial charge is 0.494 e. The summed E-state index contributed by atoms with van der Waals surface area (Å²) in [5, 5.41) is 3.50. The third-order valence-corrected chi connectivity index (χ3v) is 3.11. The predicted octanol–water partition coefficient (Wildman–Crippen LogP) is 2.20. The minimum absolute atomic E-state index is 0.410. The van der Waals surface area contributed by atoms with Gasteiger partial charge in [-0.05, 0) is 43.5 Å². The molecule has 18 heavy (non-hydrogen) atoms. The molecule has 102 valence electrons. The van der Waals surface area contributed by atoms with Crippen LogP contribution in [0.15, 0.2) is 24.3 Å². The molecule has 0 heterocycles. The Morgan fingerprint density at radius 1 is 1.22 bits per heavy atom. The molecule has 0 aliphatic carbocycles. The van der Waals surface area contributed by atoms with E-state index in [1.807, 2.05) is 19.1 Å². The van der Waals surface area contributed by atoms with Crippen molar-refractivity contribution in [1.29, 1.82) is 0 Å². The summed E-state index contributed by atoms with van der Waals surface area (Å²) < 4.78 is 5.42. The van der Waals surface area contributed by atoms with Gasteiger partial charge in [-0.1, -0.05) is 26.0 Å². The highest BCUT2D eigenvalue weighted by atomic mass is 16.5. The van der Waals surface area contributed by atoms with Crippen LogP contribution in [0.1, 0.15) is 26.3 Å². The van der Waals surface area contributed by atoms with Crippen LogP contribution < -0.4 is 15.8 Å². The first-order chi connectivity index (χ1) is 8.67. The first kappa shape index (κ1) is 15.0. The molecule has 3 nitrogen and oxygen atoms in total. The van der Waals surface area contributed by atoms with Gasteiger partial charge in [0.25, 0.3) is 0 Å².